The third kappa shape index (κ3) is 1.98. The molecule has 0 atom stereocenters. The summed E-state index contributed by atoms with van der Waals surface area (Å²) in [7, 11) is 1.86. The van der Waals surface area contributed by atoms with Gasteiger partial charge in [-0.25, -0.2) is 0 Å². The lowest BCUT2D eigenvalue weighted by molar-refractivity contribution is 0.770. The third-order valence-corrected chi connectivity index (χ3v) is 3.24. The smallest absolute Gasteiger partial charge is 0.153 e. The van der Waals surface area contributed by atoms with Gasteiger partial charge < -0.3 is 5.73 Å². The predicted octanol–water partition coefficient (Wildman–Crippen LogP) is 2.71. The van der Waals surface area contributed by atoms with E-state index in [0.717, 1.165) is 22.5 Å². The van der Waals surface area contributed by atoms with E-state index < -0.39 is 0 Å². The Labute approximate surface area is 115 Å². The standard InChI is InChI=1S/C13H12ClN5/c1-19-7-6-10(18-19)12-11(13(15)17-16-12)8-4-2-3-5-9(8)14/h2-7H,1H3,(H3,15,16,17). The second-order valence-corrected chi connectivity index (χ2v) is 4.62. The van der Waals surface area contributed by atoms with E-state index in [2.05, 4.69) is 15.3 Å². The monoisotopic (exact) mass is 273 g/mol. The topological polar surface area (TPSA) is 72.5 Å². The highest BCUT2D eigenvalue weighted by Gasteiger charge is 2.18. The van der Waals surface area contributed by atoms with Crippen molar-refractivity contribution in [2.45, 2.75) is 0 Å². The molecule has 0 fully saturated rings. The molecule has 6 heteroatoms. The van der Waals surface area contributed by atoms with Gasteiger partial charge in [0.05, 0.1) is 11.3 Å². The molecule has 0 aliphatic carbocycles. The maximum absolute atomic E-state index is 6.23. The number of nitrogens with two attached hydrogens (primary N) is 1. The Bertz CT molecular complexity index is 728. The zero-order valence-electron chi connectivity index (χ0n) is 10.3. The molecule has 0 radical (unpaired) electrons. The molecular formula is C13H12ClN5. The zero-order chi connectivity index (χ0) is 13.4. The minimum Gasteiger partial charge on any atom is -0.382 e. The van der Waals surface area contributed by atoms with E-state index in [9.17, 15) is 0 Å². The van der Waals surface area contributed by atoms with Crippen LogP contribution in [0, 0.1) is 0 Å². The van der Waals surface area contributed by atoms with Gasteiger partial charge in [-0.3, -0.25) is 9.78 Å². The number of rotatable bonds is 2. The largest absolute Gasteiger partial charge is 0.382 e. The molecule has 0 spiro atoms. The van der Waals surface area contributed by atoms with E-state index in [1.165, 1.54) is 0 Å². The van der Waals surface area contributed by atoms with Gasteiger partial charge in [0, 0.05) is 23.8 Å². The van der Waals surface area contributed by atoms with Gasteiger partial charge in [0.25, 0.3) is 0 Å². The minimum absolute atomic E-state index is 0.411. The van der Waals surface area contributed by atoms with Crippen molar-refractivity contribution in [2.24, 2.45) is 7.05 Å². The van der Waals surface area contributed by atoms with Crippen molar-refractivity contribution in [1.82, 2.24) is 20.0 Å². The van der Waals surface area contributed by atoms with E-state index in [-0.39, 0.29) is 0 Å². The molecular weight excluding hydrogens is 262 g/mol. The minimum atomic E-state index is 0.411. The van der Waals surface area contributed by atoms with Crippen molar-refractivity contribution in [3.05, 3.63) is 41.6 Å². The molecule has 2 heterocycles. The molecule has 0 aliphatic heterocycles. The molecule has 0 amide bonds. The van der Waals surface area contributed by atoms with Crippen LogP contribution in [0.3, 0.4) is 0 Å². The summed E-state index contributed by atoms with van der Waals surface area (Å²) in [5.41, 5.74) is 9.13. The summed E-state index contributed by atoms with van der Waals surface area (Å²) in [5, 5.41) is 12.0. The summed E-state index contributed by atoms with van der Waals surface area (Å²) in [6.07, 6.45) is 1.86. The fourth-order valence-corrected chi connectivity index (χ4v) is 2.26. The number of anilines is 1. The van der Waals surface area contributed by atoms with Gasteiger partial charge in [-0.05, 0) is 12.1 Å². The van der Waals surface area contributed by atoms with E-state index in [1.807, 2.05) is 43.6 Å². The van der Waals surface area contributed by atoms with Crippen molar-refractivity contribution in [1.29, 1.82) is 0 Å². The number of benzene rings is 1. The van der Waals surface area contributed by atoms with Gasteiger partial charge in [0.1, 0.15) is 5.69 Å². The Morgan fingerprint density at radius 3 is 2.74 bits per heavy atom. The number of nitrogen functional groups attached to an aromatic ring is 1. The third-order valence-electron chi connectivity index (χ3n) is 2.91. The molecule has 1 aromatic carbocycles. The quantitative estimate of drug-likeness (QED) is 0.754. The molecule has 2 aromatic heterocycles. The van der Waals surface area contributed by atoms with Crippen LogP contribution in [0.4, 0.5) is 5.82 Å². The van der Waals surface area contributed by atoms with E-state index in [1.54, 1.807) is 4.68 Å². The Morgan fingerprint density at radius 2 is 2.05 bits per heavy atom. The average Bonchev–Trinajstić information content (AvgIpc) is 2.96. The van der Waals surface area contributed by atoms with Crippen LogP contribution >= 0.6 is 11.6 Å². The number of aromatic nitrogens is 4. The van der Waals surface area contributed by atoms with Crippen molar-refractivity contribution in [3.63, 3.8) is 0 Å². The SMILES string of the molecule is Cn1ccc(-c2[nH]nc(N)c2-c2ccccc2Cl)n1. The summed E-state index contributed by atoms with van der Waals surface area (Å²) in [5.74, 6) is 0.411. The first-order valence-corrected chi connectivity index (χ1v) is 6.13. The molecule has 3 N–H and O–H groups in total. The number of aromatic amines is 1. The number of hydrogen-bond acceptors (Lipinski definition) is 3. The number of nitrogens with one attached hydrogen (secondary N) is 1. The van der Waals surface area contributed by atoms with Crippen molar-refractivity contribution in [2.75, 3.05) is 5.73 Å². The molecule has 3 rings (SSSR count). The van der Waals surface area contributed by atoms with Crippen molar-refractivity contribution < 1.29 is 0 Å². The van der Waals surface area contributed by atoms with E-state index in [0.29, 0.717) is 10.8 Å². The molecule has 0 aliphatic rings. The van der Waals surface area contributed by atoms with E-state index >= 15 is 0 Å². The highest BCUT2D eigenvalue weighted by molar-refractivity contribution is 6.33. The lowest BCUT2D eigenvalue weighted by atomic mass is 10.0. The first-order chi connectivity index (χ1) is 9.16. The van der Waals surface area contributed by atoms with Crippen LogP contribution in [-0.2, 0) is 7.05 Å². The lowest BCUT2D eigenvalue weighted by Crippen LogP contribution is -1.91. The number of aryl methyl sites for hydroxylation is 1. The first kappa shape index (κ1) is 11.8. The number of nitrogens with zero attached hydrogens (tertiary/aromatic N) is 3. The first-order valence-electron chi connectivity index (χ1n) is 5.75. The Morgan fingerprint density at radius 1 is 1.26 bits per heavy atom. The van der Waals surface area contributed by atoms with Gasteiger partial charge in [-0.1, -0.05) is 29.8 Å². The van der Waals surface area contributed by atoms with Crippen LogP contribution in [0.2, 0.25) is 5.02 Å². The average molecular weight is 274 g/mol. The molecule has 0 unspecified atom stereocenters. The summed E-state index contributed by atoms with van der Waals surface area (Å²) in [6.45, 7) is 0. The van der Waals surface area contributed by atoms with Gasteiger partial charge in [-0.15, -0.1) is 0 Å². The van der Waals surface area contributed by atoms with Gasteiger partial charge in [-0.2, -0.15) is 10.2 Å². The zero-order valence-corrected chi connectivity index (χ0v) is 11.0. The molecule has 96 valence electrons. The van der Waals surface area contributed by atoms with Crippen LogP contribution in [0.25, 0.3) is 22.5 Å². The fourth-order valence-electron chi connectivity index (χ4n) is 2.03. The number of halogens is 1. The van der Waals surface area contributed by atoms with Crippen molar-refractivity contribution >= 4 is 17.4 Å². The summed E-state index contributed by atoms with van der Waals surface area (Å²) >= 11 is 6.23. The molecule has 0 saturated carbocycles. The number of H-pyrrole nitrogens is 1. The Hall–Kier alpha value is -2.27. The summed E-state index contributed by atoms with van der Waals surface area (Å²) < 4.78 is 1.72. The highest BCUT2D eigenvalue weighted by Crippen LogP contribution is 2.37. The highest BCUT2D eigenvalue weighted by atomic mass is 35.5. The maximum Gasteiger partial charge on any atom is 0.153 e. The van der Waals surface area contributed by atoms with E-state index in [4.69, 9.17) is 17.3 Å². The molecule has 0 saturated heterocycles. The van der Waals surface area contributed by atoms with Crippen molar-refractivity contribution in [3.8, 4) is 22.5 Å². The second kappa shape index (κ2) is 4.44. The molecule has 19 heavy (non-hydrogen) atoms. The summed E-state index contributed by atoms with van der Waals surface area (Å²) in [6, 6.07) is 9.42. The maximum atomic E-state index is 6.23. The fraction of sp³-hybridized carbons (Fsp3) is 0.0769. The number of hydrogen-bond donors (Lipinski definition) is 2. The van der Waals surface area contributed by atoms with Crippen LogP contribution < -0.4 is 5.73 Å². The van der Waals surface area contributed by atoms with Crippen LogP contribution in [0.1, 0.15) is 0 Å². The van der Waals surface area contributed by atoms with Crippen LogP contribution in [-0.4, -0.2) is 20.0 Å². The summed E-state index contributed by atoms with van der Waals surface area (Å²) in [4.78, 5) is 0. The Kier molecular flexibility index (Phi) is 2.76. The normalized spacial score (nSPS) is 10.8. The van der Waals surface area contributed by atoms with Gasteiger partial charge in [0.15, 0.2) is 5.82 Å². The Balaban J connectivity index is 2.22. The molecule has 0 bridgehead atoms. The van der Waals surface area contributed by atoms with Gasteiger partial charge in [0.2, 0.25) is 0 Å². The molecule has 3 aromatic rings. The lowest BCUT2D eigenvalue weighted by Gasteiger charge is -2.04. The predicted molar refractivity (Wildman–Crippen MR) is 75.6 cm³/mol. The van der Waals surface area contributed by atoms with Gasteiger partial charge >= 0.3 is 0 Å². The second-order valence-electron chi connectivity index (χ2n) is 4.21. The molecule has 5 nitrogen and oxygen atoms in total. The van der Waals surface area contributed by atoms with Crippen LogP contribution in [0.15, 0.2) is 36.5 Å². The van der Waals surface area contributed by atoms with Crippen LogP contribution in [0.5, 0.6) is 0 Å².